The quantitative estimate of drug-likeness (QED) is 0.138. The second kappa shape index (κ2) is 17.2. The summed E-state index contributed by atoms with van der Waals surface area (Å²) in [6, 6.07) is 0. The van der Waals surface area contributed by atoms with Crippen molar-refractivity contribution in [2.75, 3.05) is 0 Å². The average molecular weight is 1010 g/mol. The molecule has 12 saturated heterocycles. The van der Waals surface area contributed by atoms with Crippen molar-refractivity contribution in [3.63, 3.8) is 0 Å². The number of esters is 3. The Balaban J connectivity index is 0.785. The van der Waals surface area contributed by atoms with Gasteiger partial charge in [-0.15, -0.1) is 0 Å². The van der Waals surface area contributed by atoms with Crippen LogP contribution in [0.5, 0.6) is 0 Å². The molecule has 19 nitrogen and oxygen atoms in total. The van der Waals surface area contributed by atoms with Crippen molar-refractivity contribution < 1.29 is 91.4 Å². The van der Waals surface area contributed by atoms with Gasteiger partial charge in [-0.05, 0) is 114 Å². The lowest BCUT2D eigenvalue weighted by atomic mass is 9.58. The van der Waals surface area contributed by atoms with Gasteiger partial charge < -0.3 is 47.7 Å². The number of fused-ring (bicyclic) bond motifs is 6. The summed E-state index contributed by atoms with van der Waals surface area (Å²) in [5.41, 5.74) is -5.06. The predicted octanol–water partition coefficient (Wildman–Crippen LogP) is 7.14. The Morgan fingerprint density at radius 2 is 0.718 bits per heavy atom. The first-order valence-corrected chi connectivity index (χ1v) is 27.0. The van der Waals surface area contributed by atoms with E-state index in [1.807, 2.05) is 41.5 Å². The average Bonchev–Trinajstić information content (AvgIpc) is 3.79. The molecular formula is C52H76O19. The summed E-state index contributed by atoms with van der Waals surface area (Å²) in [5, 5.41) is 12.6. The Bertz CT molecular complexity index is 1880. The van der Waals surface area contributed by atoms with Gasteiger partial charge in [0.2, 0.25) is 36.2 Å². The monoisotopic (exact) mass is 1000 g/mol. The van der Waals surface area contributed by atoms with Crippen LogP contribution >= 0.6 is 0 Å². The van der Waals surface area contributed by atoms with Crippen LogP contribution in [0.2, 0.25) is 0 Å². The van der Waals surface area contributed by atoms with E-state index in [1.54, 1.807) is 0 Å². The van der Waals surface area contributed by atoms with Gasteiger partial charge in [-0.2, -0.15) is 0 Å². The SMILES string of the molecule is C[C@@H]1CC[C@H]2[C@@H](C)C(OC(=O)CC(O)(CC(=O)OC3O[C@@H]4O[C@]5(C)CC[C@H]6[C@H](C)CC[C@@H]([C@H]3C)[C@@]46OO5)CC(=O)OC3O[C@@H]4O[C@]5(C)CC[C@H]6[C@H](C)CC[C@@H]([C@H]3C)[C@@]46OO5)O[C@@H]3O[C@@]4(C)CC[C@@H]1[C@]32OO4. The van der Waals surface area contributed by atoms with E-state index < -0.39 is 115 Å². The maximum atomic E-state index is 14.4. The van der Waals surface area contributed by atoms with Crippen molar-refractivity contribution >= 4 is 17.9 Å². The fourth-order valence-corrected chi connectivity index (χ4v) is 16.5. The highest BCUT2D eigenvalue weighted by atomic mass is 17.3. The molecule has 3 saturated carbocycles. The molecule has 0 aromatic heterocycles. The van der Waals surface area contributed by atoms with Crippen LogP contribution in [0.3, 0.4) is 0 Å². The zero-order valence-corrected chi connectivity index (χ0v) is 42.8. The molecule has 15 fully saturated rings. The van der Waals surface area contributed by atoms with Crippen molar-refractivity contribution in [1.29, 1.82) is 0 Å². The molecule has 3 unspecified atom stereocenters. The van der Waals surface area contributed by atoms with Crippen molar-refractivity contribution in [1.82, 2.24) is 0 Å². The lowest BCUT2D eigenvalue weighted by molar-refractivity contribution is -0.576. The van der Waals surface area contributed by atoms with Gasteiger partial charge in [0.15, 0.2) is 35.7 Å². The van der Waals surface area contributed by atoms with Crippen LogP contribution in [0.4, 0.5) is 0 Å². The molecule has 24 atom stereocenters. The highest BCUT2D eigenvalue weighted by Crippen LogP contribution is 2.64. The Labute approximate surface area is 415 Å². The topological polar surface area (TPSA) is 210 Å². The minimum Gasteiger partial charge on any atom is -0.435 e. The second-order valence-corrected chi connectivity index (χ2v) is 25.0. The van der Waals surface area contributed by atoms with Crippen LogP contribution < -0.4 is 0 Å². The minimum absolute atomic E-state index is 0.0900. The number of carbonyl (C=O) groups excluding carboxylic acids is 3. The molecule has 71 heavy (non-hydrogen) atoms. The first-order chi connectivity index (χ1) is 33.6. The lowest BCUT2D eigenvalue weighted by Gasteiger charge is -2.60. The highest BCUT2D eigenvalue weighted by molar-refractivity contribution is 5.79. The lowest BCUT2D eigenvalue weighted by Crippen LogP contribution is -2.70. The van der Waals surface area contributed by atoms with E-state index in [9.17, 15) is 19.5 Å². The van der Waals surface area contributed by atoms with Crippen LogP contribution in [0.25, 0.3) is 0 Å². The molecule has 0 radical (unpaired) electrons. The first-order valence-electron chi connectivity index (χ1n) is 27.0. The van der Waals surface area contributed by atoms with Crippen molar-refractivity contribution in [2.45, 2.75) is 236 Å². The molecular weight excluding hydrogens is 929 g/mol. The van der Waals surface area contributed by atoms with Gasteiger partial charge in [-0.25, -0.2) is 29.3 Å². The summed E-state index contributed by atoms with van der Waals surface area (Å²) in [5.74, 6) is -6.17. The van der Waals surface area contributed by atoms with Crippen LogP contribution in [-0.2, 0) is 86.3 Å². The van der Waals surface area contributed by atoms with E-state index in [0.717, 1.165) is 57.8 Å². The molecule has 19 heteroatoms. The third-order valence-corrected chi connectivity index (χ3v) is 20.5. The van der Waals surface area contributed by atoms with E-state index in [0.29, 0.717) is 37.0 Å². The van der Waals surface area contributed by atoms with Crippen LogP contribution in [-0.4, -0.2) is 101 Å². The molecule has 15 rings (SSSR count). The van der Waals surface area contributed by atoms with Gasteiger partial charge in [-0.1, -0.05) is 41.5 Å². The standard InChI is InChI=1S/C52H76O19/c1-25-10-13-34-28(4)40(60-43-50(34)31(25)16-19-46(7,63-43)66-69-50)57-37(53)22-49(56,23-38(54)58-41-29(5)35-14-11-26(2)32-17-20-47(8)64-44(61-41)51(32,35)70-67-47)24-39(55)59-42-30(6)36-15-12-27(3)33-18-21-48(9)65-45(62-42)52(33,36)71-68-48/h25-36,40-45,56H,10-24H2,1-9H3/t25-,26-,27-,28-,29-,30-,31+,32+,33+,34+,35+,36+,40?,41?,42?,43-,44-,45-,46-,47+,48+,49?,50-,51-,52-/m1/s1. The van der Waals surface area contributed by atoms with Gasteiger partial charge >= 0.3 is 17.9 Å². The van der Waals surface area contributed by atoms with E-state index in [1.165, 1.54) is 0 Å². The Kier molecular flexibility index (Phi) is 12.1. The fraction of sp³-hybridized carbons (Fsp3) is 0.942. The zero-order chi connectivity index (χ0) is 49.8. The van der Waals surface area contributed by atoms with Gasteiger partial charge in [0.25, 0.3) is 0 Å². The summed E-state index contributed by atoms with van der Waals surface area (Å²) in [4.78, 5) is 79.9. The molecule has 15 aliphatic rings. The van der Waals surface area contributed by atoms with Crippen LogP contribution in [0.15, 0.2) is 0 Å². The molecule has 3 aliphatic carbocycles. The van der Waals surface area contributed by atoms with Crippen molar-refractivity contribution in [3.05, 3.63) is 0 Å². The number of hydrogen-bond donors (Lipinski definition) is 1. The maximum Gasteiger partial charge on any atom is 0.311 e. The Morgan fingerprint density at radius 3 is 1.00 bits per heavy atom. The number of aliphatic hydroxyl groups is 1. The summed E-state index contributed by atoms with van der Waals surface area (Å²) in [7, 11) is 0. The third kappa shape index (κ3) is 7.68. The summed E-state index contributed by atoms with van der Waals surface area (Å²) >= 11 is 0. The largest absolute Gasteiger partial charge is 0.435 e. The van der Waals surface area contributed by atoms with E-state index in [4.69, 9.17) is 72.0 Å². The van der Waals surface area contributed by atoms with E-state index in [2.05, 4.69) is 20.8 Å². The minimum atomic E-state index is -2.36. The van der Waals surface area contributed by atoms with E-state index >= 15 is 0 Å². The van der Waals surface area contributed by atoms with Crippen LogP contribution in [0, 0.1) is 71.0 Å². The van der Waals surface area contributed by atoms with Crippen molar-refractivity contribution in [2.24, 2.45) is 71.0 Å². The molecule has 0 amide bonds. The smallest absolute Gasteiger partial charge is 0.311 e. The van der Waals surface area contributed by atoms with Crippen molar-refractivity contribution in [3.8, 4) is 0 Å². The molecule has 12 heterocycles. The second-order valence-electron chi connectivity index (χ2n) is 25.0. The highest BCUT2D eigenvalue weighted by Gasteiger charge is 2.73. The van der Waals surface area contributed by atoms with Crippen LogP contribution in [0.1, 0.15) is 159 Å². The first kappa shape index (κ1) is 49.7. The molecule has 6 bridgehead atoms. The fourth-order valence-electron chi connectivity index (χ4n) is 16.5. The molecule has 0 aromatic rings. The number of rotatable bonds is 9. The van der Waals surface area contributed by atoms with E-state index in [-0.39, 0.29) is 53.3 Å². The Morgan fingerprint density at radius 1 is 0.437 bits per heavy atom. The van der Waals surface area contributed by atoms with Gasteiger partial charge in [-0.3, -0.25) is 14.4 Å². The normalized spacial score (nSPS) is 55.2. The third-order valence-electron chi connectivity index (χ3n) is 20.5. The number of carbonyl (C=O) groups is 3. The van der Waals surface area contributed by atoms with Gasteiger partial charge in [0.05, 0.1) is 24.9 Å². The van der Waals surface area contributed by atoms with Gasteiger partial charge in [0, 0.05) is 54.8 Å². The molecule has 1 N–H and O–H groups in total. The van der Waals surface area contributed by atoms with Gasteiger partial charge in [0.1, 0.15) is 0 Å². The molecule has 3 spiro atoms. The number of ether oxygens (including phenoxy) is 9. The summed E-state index contributed by atoms with van der Waals surface area (Å²) < 4.78 is 57.5. The molecule has 0 aromatic carbocycles. The molecule has 398 valence electrons. The summed E-state index contributed by atoms with van der Waals surface area (Å²) in [6.45, 7) is 17.9. The maximum absolute atomic E-state index is 14.4. The summed E-state index contributed by atoms with van der Waals surface area (Å²) in [6.07, 6.45) is 1.07. The molecule has 12 aliphatic heterocycles. The Hall–Kier alpha value is -2.11. The zero-order valence-electron chi connectivity index (χ0n) is 42.8. The number of hydrogen-bond acceptors (Lipinski definition) is 19. The predicted molar refractivity (Wildman–Crippen MR) is 238 cm³/mol.